The van der Waals surface area contributed by atoms with E-state index < -0.39 is 0 Å². The second kappa shape index (κ2) is 7.15. The molecule has 0 aliphatic carbocycles. The Balaban J connectivity index is 1.34. The maximum absolute atomic E-state index is 12.2. The Morgan fingerprint density at radius 3 is 3.04 bits per heavy atom. The molecule has 1 atom stereocenters. The lowest BCUT2D eigenvalue weighted by Gasteiger charge is -2.19. The molecule has 2 saturated heterocycles. The molecule has 2 amide bonds. The summed E-state index contributed by atoms with van der Waals surface area (Å²) in [6, 6.07) is 5.83. The van der Waals surface area contributed by atoms with Gasteiger partial charge >= 0.3 is 0 Å². The molecule has 2 aromatic heterocycles. The lowest BCUT2D eigenvalue weighted by molar-refractivity contribution is -0.133. The second-order valence-electron chi connectivity index (χ2n) is 6.74. The Morgan fingerprint density at radius 1 is 1.35 bits per heavy atom. The van der Waals surface area contributed by atoms with Gasteiger partial charge in [-0.15, -0.1) is 0 Å². The largest absolute Gasteiger partial charge is 0.360 e. The molecule has 2 aromatic rings. The van der Waals surface area contributed by atoms with Gasteiger partial charge in [0.25, 0.3) is 0 Å². The van der Waals surface area contributed by atoms with Gasteiger partial charge in [-0.2, -0.15) is 0 Å². The number of rotatable bonds is 5. The van der Waals surface area contributed by atoms with Crippen molar-refractivity contribution in [2.45, 2.75) is 25.3 Å². The van der Waals surface area contributed by atoms with E-state index in [1.807, 2.05) is 24.4 Å². The van der Waals surface area contributed by atoms with Gasteiger partial charge in [0.15, 0.2) is 0 Å². The second-order valence-corrected chi connectivity index (χ2v) is 6.74. The van der Waals surface area contributed by atoms with E-state index in [4.69, 9.17) is 0 Å². The Kier molecular flexibility index (Phi) is 4.55. The zero-order chi connectivity index (χ0) is 17.9. The molecule has 136 valence electrons. The topological polar surface area (TPSA) is 94.2 Å². The van der Waals surface area contributed by atoms with Crippen molar-refractivity contribution in [3.05, 3.63) is 30.6 Å². The maximum atomic E-state index is 12.2. The number of H-pyrrole nitrogens is 1. The average molecular weight is 354 g/mol. The van der Waals surface area contributed by atoms with Gasteiger partial charge in [-0.3, -0.25) is 9.59 Å². The molecule has 2 fully saturated rings. The highest BCUT2D eigenvalue weighted by Crippen LogP contribution is 2.20. The minimum Gasteiger partial charge on any atom is -0.360 e. The number of anilines is 1. The Hall–Kier alpha value is -2.90. The first-order chi connectivity index (χ1) is 12.7. The summed E-state index contributed by atoms with van der Waals surface area (Å²) in [6.45, 7) is 2.31. The van der Waals surface area contributed by atoms with Crippen molar-refractivity contribution in [2.75, 3.05) is 31.1 Å². The van der Waals surface area contributed by atoms with Crippen LogP contribution in [0.4, 0.5) is 5.95 Å². The predicted octanol–water partition coefficient (Wildman–Crippen LogP) is 0.789. The molecule has 4 heterocycles. The third-order valence-electron chi connectivity index (χ3n) is 4.86. The first-order valence-electron chi connectivity index (χ1n) is 8.98. The van der Waals surface area contributed by atoms with Crippen molar-refractivity contribution in [2.24, 2.45) is 0 Å². The van der Waals surface area contributed by atoms with E-state index in [0.29, 0.717) is 25.5 Å². The number of nitrogens with one attached hydrogen (secondary N) is 2. The van der Waals surface area contributed by atoms with Crippen LogP contribution in [0, 0.1) is 0 Å². The summed E-state index contributed by atoms with van der Waals surface area (Å²) in [5, 5.41) is 3.03. The van der Waals surface area contributed by atoms with E-state index in [9.17, 15) is 9.59 Å². The summed E-state index contributed by atoms with van der Waals surface area (Å²) in [5.41, 5.74) is 1.80. The van der Waals surface area contributed by atoms with Crippen molar-refractivity contribution in [3.63, 3.8) is 0 Å². The molecule has 8 heteroatoms. The first-order valence-corrected chi connectivity index (χ1v) is 8.98. The van der Waals surface area contributed by atoms with Gasteiger partial charge in [-0.05, 0) is 31.0 Å². The highest BCUT2D eigenvalue weighted by atomic mass is 16.2. The van der Waals surface area contributed by atoms with Gasteiger partial charge in [-0.1, -0.05) is 0 Å². The molecule has 0 aromatic carbocycles. The standard InChI is InChI=1S/C18H22N6O2/c25-16(12-23-9-2-4-17(23)26)21-13-6-10-24(11-13)18-20-8-5-15(22-18)14-3-1-7-19-14/h1,3,5,7-8,13,19H,2,4,6,9-12H2,(H,21,25). The van der Waals surface area contributed by atoms with Crippen LogP contribution in [-0.2, 0) is 9.59 Å². The van der Waals surface area contributed by atoms with Crippen LogP contribution in [0.5, 0.6) is 0 Å². The van der Waals surface area contributed by atoms with Crippen molar-refractivity contribution in [3.8, 4) is 11.4 Å². The van der Waals surface area contributed by atoms with Crippen molar-refractivity contribution in [1.29, 1.82) is 0 Å². The molecule has 0 radical (unpaired) electrons. The van der Waals surface area contributed by atoms with Gasteiger partial charge in [-0.25, -0.2) is 9.97 Å². The van der Waals surface area contributed by atoms with Crippen LogP contribution in [-0.4, -0.2) is 63.9 Å². The molecule has 0 saturated carbocycles. The number of hydrogen-bond donors (Lipinski definition) is 2. The van der Waals surface area contributed by atoms with E-state index in [-0.39, 0.29) is 24.4 Å². The number of amides is 2. The fourth-order valence-electron chi connectivity index (χ4n) is 3.52. The van der Waals surface area contributed by atoms with Gasteiger partial charge in [0.2, 0.25) is 17.8 Å². The molecule has 2 N–H and O–H groups in total. The van der Waals surface area contributed by atoms with Gasteiger partial charge in [0.05, 0.1) is 17.9 Å². The van der Waals surface area contributed by atoms with E-state index in [0.717, 1.165) is 30.8 Å². The molecule has 1 unspecified atom stereocenters. The van der Waals surface area contributed by atoms with Crippen molar-refractivity contribution in [1.82, 2.24) is 25.2 Å². The van der Waals surface area contributed by atoms with Gasteiger partial charge in [0, 0.05) is 44.5 Å². The number of aromatic amines is 1. The Bertz CT molecular complexity index is 791. The van der Waals surface area contributed by atoms with Crippen LogP contribution in [0.15, 0.2) is 30.6 Å². The Labute approximate surface area is 151 Å². The highest BCUT2D eigenvalue weighted by molar-refractivity contribution is 5.86. The zero-order valence-corrected chi connectivity index (χ0v) is 14.5. The summed E-state index contributed by atoms with van der Waals surface area (Å²) in [4.78, 5) is 39.7. The quantitative estimate of drug-likeness (QED) is 0.828. The predicted molar refractivity (Wildman–Crippen MR) is 96.4 cm³/mol. The van der Waals surface area contributed by atoms with Gasteiger partial charge < -0.3 is 20.1 Å². The fourth-order valence-corrected chi connectivity index (χ4v) is 3.52. The summed E-state index contributed by atoms with van der Waals surface area (Å²) >= 11 is 0. The molecule has 2 aliphatic rings. The number of hydrogen-bond acceptors (Lipinski definition) is 5. The summed E-state index contributed by atoms with van der Waals surface area (Å²) in [7, 11) is 0. The van der Waals surface area contributed by atoms with E-state index in [1.165, 1.54) is 0 Å². The van der Waals surface area contributed by atoms with Crippen LogP contribution >= 0.6 is 0 Å². The van der Waals surface area contributed by atoms with E-state index >= 15 is 0 Å². The molecular formula is C18H22N6O2. The molecular weight excluding hydrogens is 332 g/mol. The van der Waals surface area contributed by atoms with Crippen molar-refractivity contribution < 1.29 is 9.59 Å². The number of carbonyl (C=O) groups is 2. The number of nitrogens with zero attached hydrogens (tertiary/aromatic N) is 4. The van der Waals surface area contributed by atoms with E-state index in [2.05, 4.69) is 25.2 Å². The monoisotopic (exact) mass is 354 g/mol. The van der Waals surface area contributed by atoms with Gasteiger partial charge in [0.1, 0.15) is 0 Å². The molecule has 0 bridgehead atoms. The average Bonchev–Trinajstić information content (AvgIpc) is 3.38. The van der Waals surface area contributed by atoms with Crippen LogP contribution in [0.3, 0.4) is 0 Å². The smallest absolute Gasteiger partial charge is 0.239 e. The molecule has 8 nitrogen and oxygen atoms in total. The molecule has 4 rings (SSSR count). The summed E-state index contributed by atoms with van der Waals surface area (Å²) < 4.78 is 0. The Morgan fingerprint density at radius 2 is 2.27 bits per heavy atom. The summed E-state index contributed by atoms with van der Waals surface area (Å²) in [6.07, 6.45) is 5.86. The lowest BCUT2D eigenvalue weighted by atomic mass is 10.2. The SMILES string of the molecule is O=C(CN1CCCC1=O)NC1CCN(c2nccc(-c3ccc[nH]3)n2)C1. The van der Waals surface area contributed by atoms with Crippen LogP contribution < -0.4 is 10.2 Å². The van der Waals surface area contributed by atoms with Crippen molar-refractivity contribution >= 4 is 17.8 Å². The van der Waals surface area contributed by atoms with Crippen LogP contribution in [0.25, 0.3) is 11.4 Å². The molecule has 0 spiro atoms. The van der Waals surface area contributed by atoms with Crippen LogP contribution in [0.2, 0.25) is 0 Å². The third-order valence-corrected chi connectivity index (χ3v) is 4.86. The maximum Gasteiger partial charge on any atom is 0.239 e. The van der Waals surface area contributed by atoms with Crippen LogP contribution in [0.1, 0.15) is 19.3 Å². The fraction of sp³-hybridized carbons (Fsp3) is 0.444. The minimum atomic E-state index is -0.0897. The molecule has 2 aliphatic heterocycles. The number of likely N-dealkylation sites (tertiary alicyclic amines) is 1. The number of aromatic nitrogens is 3. The minimum absolute atomic E-state index is 0.0537. The summed E-state index contributed by atoms with van der Waals surface area (Å²) in [5.74, 6) is 0.652. The third kappa shape index (κ3) is 3.54. The number of carbonyl (C=O) groups excluding carboxylic acids is 2. The zero-order valence-electron chi connectivity index (χ0n) is 14.5. The normalized spacial score (nSPS) is 20.0. The first kappa shape index (κ1) is 16.6. The molecule has 26 heavy (non-hydrogen) atoms. The van der Waals surface area contributed by atoms with E-state index in [1.54, 1.807) is 11.1 Å². The lowest BCUT2D eigenvalue weighted by Crippen LogP contribution is -2.43. The highest BCUT2D eigenvalue weighted by Gasteiger charge is 2.28.